The number of thiazole rings is 1. The Kier molecular flexibility index (Phi) is 6.58. The first kappa shape index (κ1) is 21.9. The summed E-state index contributed by atoms with van der Waals surface area (Å²) in [5.74, 6) is 0.0636. The molecule has 0 atom stereocenters. The van der Waals surface area contributed by atoms with Gasteiger partial charge >= 0.3 is 6.03 Å². The van der Waals surface area contributed by atoms with E-state index in [0.29, 0.717) is 32.5 Å². The van der Waals surface area contributed by atoms with Crippen LogP contribution >= 0.6 is 11.3 Å². The van der Waals surface area contributed by atoms with Crippen molar-refractivity contribution in [1.29, 1.82) is 0 Å². The Bertz CT molecular complexity index is 1070. The van der Waals surface area contributed by atoms with E-state index in [1.807, 2.05) is 51.1 Å². The topological polar surface area (TPSA) is 56.8 Å². The van der Waals surface area contributed by atoms with Gasteiger partial charge in [0, 0.05) is 38.6 Å². The van der Waals surface area contributed by atoms with E-state index in [1.165, 1.54) is 5.56 Å². The number of nitrogens with zero attached hydrogens (tertiary/aromatic N) is 4. The van der Waals surface area contributed by atoms with Crippen molar-refractivity contribution in [3.63, 3.8) is 0 Å². The molecule has 2 aliphatic heterocycles. The first-order chi connectivity index (χ1) is 16.2. The van der Waals surface area contributed by atoms with Crippen LogP contribution in [0.1, 0.15) is 31.2 Å². The van der Waals surface area contributed by atoms with E-state index in [9.17, 15) is 9.59 Å². The number of fused-ring (bicyclic) bond motifs is 1. The van der Waals surface area contributed by atoms with Crippen LogP contribution in [0.15, 0.2) is 54.6 Å². The van der Waals surface area contributed by atoms with Gasteiger partial charge in [0.2, 0.25) is 5.91 Å². The molecule has 0 unspecified atom stereocenters. The first-order valence-electron chi connectivity index (χ1n) is 11.9. The van der Waals surface area contributed by atoms with E-state index in [0.717, 1.165) is 47.7 Å². The summed E-state index contributed by atoms with van der Waals surface area (Å²) in [6, 6.07) is 18.5. The summed E-state index contributed by atoms with van der Waals surface area (Å²) in [4.78, 5) is 37.0. The molecule has 6 nitrogen and oxygen atoms in total. The van der Waals surface area contributed by atoms with Gasteiger partial charge in [0.25, 0.3) is 0 Å². The molecule has 7 heteroatoms. The van der Waals surface area contributed by atoms with Gasteiger partial charge in [-0.05, 0) is 49.8 Å². The molecular formula is C26H30N4O2S. The number of anilines is 1. The van der Waals surface area contributed by atoms with Crippen molar-refractivity contribution in [2.75, 3.05) is 37.6 Å². The highest BCUT2D eigenvalue weighted by molar-refractivity contribution is 7.22. The number of hydrogen-bond acceptors (Lipinski definition) is 4. The van der Waals surface area contributed by atoms with Gasteiger partial charge in [0.15, 0.2) is 5.13 Å². The molecule has 33 heavy (non-hydrogen) atoms. The van der Waals surface area contributed by atoms with Crippen molar-refractivity contribution in [2.45, 2.75) is 32.1 Å². The second kappa shape index (κ2) is 9.91. The predicted molar refractivity (Wildman–Crippen MR) is 133 cm³/mol. The molecule has 0 saturated carbocycles. The average Bonchev–Trinajstić information content (AvgIpc) is 3.55. The molecule has 172 valence electrons. The van der Waals surface area contributed by atoms with Gasteiger partial charge in [0.05, 0.1) is 10.2 Å². The summed E-state index contributed by atoms with van der Waals surface area (Å²) in [5, 5.41) is 0.771. The highest BCUT2D eigenvalue weighted by atomic mass is 32.1. The van der Waals surface area contributed by atoms with Crippen molar-refractivity contribution in [1.82, 2.24) is 14.8 Å². The van der Waals surface area contributed by atoms with Gasteiger partial charge < -0.3 is 9.80 Å². The lowest BCUT2D eigenvalue weighted by Gasteiger charge is -2.35. The molecule has 2 aromatic carbocycles. The highest BCUT2D eigenvalue weighted by Gasteiger charge is 2.33. The predicted octanol–water partition coefficient (Wildman–Crippen LogP) is 4.80. The second-order valence-electron chi connectivity index (χ2n) is 8.93. The third-order valence-electron chi connectivity index (χ3n) is 6.74. The number of para-hydroxylation sites is 1. The minimum absolute atomic E-state index is 0.0737. The number of amides is 3. The number of aromatic nitrogens is 1. The number of carbonyl (C=O) groups excluding carboxylic acids is 2. The number of piperidine rings is 1. The van der Waals surface area contributed by atoms with E-state index in [1.54, 1.807) is 11.3 Å². The molecule has 2 fully saturated rings. The Balaban J connectivity index is 1.30. The van der Waals surface area contributed by atoms with Crippen LogP contribution in [0.25, 0.3) is 10.2 Å². The molecule has 0 radical (unpaired) electrons. The lowest BCUT2D eigenvalue weighted by atomic mass is 9.95. The van der Waals surface area contributed by atoms with E-state index in [-0.39, 0.29) is 17.9 Å². The zero-order valence-corrected chi connectivity index (χ0v) is 19.7. The quantitative estimate of drug-likeness (QED) is 0.547. The summed E-state index contributed by atoms with van der Waals surface area (Å²) in [7, 11) is 0. The molecular weight excluding hydrogens is 432 g/mol. The van der Waals surface area contributed by atoms with Crippen molar-refractivity contribution in [3.05, 3.63) is 60.2 Å². The number of urea groups is 1. The van der Waals surface area contributed by atoms with Crippen LogP contribution in [0.3, 0.4) is 0 Å². The van der Waals surface area contributed by atoms with Gasteiger partial charge in [-0.1, -0.05) is 53.8 Å². The maximum Gasteiger partial charge on any atom is 0.319 e. The molecule has 3 aromatic rings. The summed E-state index contributed by atoms with van der Waals surface area (Å²) in [6.07, 6.45) is 4.41. The molecule has 3 heterocycles. The Morgan fingerprint density at radius 2 is 1.58 bits per heavy atom. The van der Waals surface area contributed by atoms with Crippen LogP contribution in [0, 0.1) is 5.92 Å². The molecule has 0 bridgehead atoms. The average molecular weight is 463 g/mol. The van der Waals surface area contributed by atoms with Crippen LogP contribution in [0.5, 0.6) is 0 Å². The number of rotatable bonds is 5. The SMILES string of the molecule is O=C(N1CCCC1)N1CCC(C(=O)N(CCc2ccccc2)c2nc3ccccc3s2)CC1. The lowest BCUT2D eigenvalue weighted by Crippen LogP contribution is -2.48. The van der Waals surface area contributed by atoms with Crippen molar-refractivity contribution < 1.29 is 9.59 Å². The summed E-state index contributed by atoms with van der Waals surface area (Å²) in [6.45, 7) is 3.64. The molecule has 0 aliphatic carbocycles. The van der Waals surface area contributed by atoms with E-state index in [4.69, 9.17) is 4.98 Å². The van der Waals surface area contributed by atoms with E-state index in [2.05, 4.69) is 18.2 Å². The van der Waals surface area contributed by atoms with Gasteiger partial charge in [-0.25, -0.2) is 9.78 Å². The molecule has 1 aromatic heterocycles. The molecule has 5 rings (SSSR count). The molecule has 3 amide bonds. The smallest absolute Gasteiger partial charge is 0.319 e. The summed E-state index contributed by atoms with van der Waals surface area (Å²) in [5.41, 5.74) is 2.14. The van der Waals surface area contributed by atoms with Crippen LogP contribution < -0.4 is 4.90 Å². The summed E-state index contributed by atoms with van der Waals surface area (Å²) >= 11 is 1.58. The van der Waals surface area contributed by atoms with Crippen molar-refractivity contribution in [2.24, 2.45) is 5.92 Å². The number of hydrogen-bond donors (Lipinski definition) is 0. The van der Waals surface area contributed by atoms with E-state index < -0.39 is 0 Å². The highest BCUT2D eigenvalue weighted by Crippen LogP contribution is 2.31. The molecule has 2 saturated heterocycles. The van der Waals surface area contributed by atoms with Crippen LogP contribution in [0.4, 0.5) is 9.93 Å². The minimum atomic E-state index is -0.0737. The third kappa shape index (κ3) is 4.88. The fraction of sp³-hybridized carbons (Fsp3) is 0.423. The Morgan fingerprint density at radius 3 is 2.30 bits per heavy atom. The van der Waals surface area contributed by atoms with Crippen LogP contribution in [-0.4, -0.2) is 59.4 Å². The number of likely N-dealkylation sites (tertiary alicyclic amines) is 2. The Morgan fingerprint density at radius 1 is 0.909 bits per heavy atom. The maximum absolute atomic E-state index is 13.7. The number of carbonyl (C=O) groups is 2. The normalized spacial score (nSPS) is 17.0. The van der Waals surface area contributed by atoms with Crippen LogP contribution in [0.2, 0.25) is 0 Å². The summed E-state index contributed by atoms with van der Waals surface area (Å²) < 4.78 is 1.09. The standard InChI is InChI=1S/C26H30N4O2S/c31-24(21-13-17-29(18-14-21)26(32)28-15-6-7-16-28)30(19-12-20-8-2-1-3-9-20)25-27-22-10-4-5-11-23(22)33-25/h1-5,8-11,21H,6-7,12-19H2. The van der Waals surface area contributed by atoms with Gasteiger partial charge in [-0.2, -0.15) is 0 Å². The van der Waals surface area contributed by atoms with Crippen molar-refractivity contribution >= 4 is 38.6 Å². The molecule has 0 spiro atoms. The number of benzene rings is 2. The zero-order valence-electron chi connectivity index (χ0n) is 18.9. The maximum atomic E-state index is 13.7. The third-order valence-corrected chi connectivity index (χ3v) is 7.80. The van der Waals surface area contributed by atoms with Gasteiger partial charge in [-0.15, -0.1) is 0 Å². The monoisotopic (exact) mass is 462 g/mol. The van der Waals surface area contributed by atoms with Gasteiger partial charge in [0.1, 0.15) is 0 Å². The van der Waals surface area contributed by atoms with E-state index >= 15 is 0 Å². The fourth-order valence-electron chi connectivity index (χ4n) is 4.81. The van der Waals surface area contributed by atoms with Gasteiger partial charge in [-0.3, -0.25) is 9.69 Å². The minimum Gasteiger partial charge on any atom is -0.325 e. The molecule has 0 N–H and O–H groups in total. The first-order valence-corrected chi connectivity index (χ1v) is 12.8. The Labute approximate surface area is 198 Å². The van der Waals surface area contributed by atoms with Crippen molar-refractivity contribution in [3.8, 4) is 0 Å². The van der Waals surface area contributed by atoms with Crippen LogP contribution in [-0.2, 0) is 11.2 Å². The largest absolute Gasteiger partial charge is 0.325 e. The zero-order chi connectivity index (χ0) is 22.6. The fourth-order valence-corrected chi connectivity index (χ4v) is 5.80. The lowest BCUT2D eigenvalue weighted by molar-refractivity contribution is -0.123. The Hall–Kier alpha value is -2.93. The second-order valence-corrected chi connectivity index (χ2v) is 9.94. The molecule has 2 aliphatic rings.